The van der Waals surface area contributed by atoms with E-state index in [9.17, 15) is 5.26 Å². The molecule has 108 valence electrons. The van der Waals surface area contributed by atoms with Crippen LogP contribution in [0, 0.1) is 25.2 Å². The highest BCUT2D eigenvalue weighted by atomic mass is 16.5. The molecule has 2 rings (SSSR count). The Morgan fingerprint density at radius 2 is 1.95 bits per heavy atom. The number of anilines is 1. The number of rotatable bonds is 4. The Labute approximate surface area is 126 Å². The van der Waals surface area contributed by atoms with E-state index in [1.54, 1.807) is 13.2 Å². The summed E-state index contributed by atoms with van der Waals surface area (Å²) in [5.74, 6) is 0.686. The predicted molar refractivity (Wildman–Crippen MR) is 85.7 cm³/mol. The zero-order valence-corrected chi connectivity index (χ0v) is 12.9. The van der Waals surface area contributed by atoms with Crippen LogP contribution >= 0.6 is 0 Å². The van der Waals surface area contributed by atoms with Gasteiger partial charge in [0.05, 0.1) is 18.4 Å². The lowest BCUT2D eigenvalue weighted by Crippen LogP contribution is -2.10. The Kier molecular flexibility index (Phi) is 4.49. The van der Waals surface area contributed by atoms with Crippen molar-refractivity contribution in [1.82, 2.24) is 0 Å². The molecule has 0 aliphatic heterocycles. The van der Waals surface area contributed by atoms with E-state index >= 15 is 0 Å². The van der Waals surface area contributed by atoms with Gasteiger partial charge in [0.15, 0.2) is 0 Å². The molecule has 0 heterocycles. The third-order valence-corrected chi connectivity index (χ3v) is 3.63. The summed E-state index contributed by atoms with van der Waals surface area (Å²) >= 11 is 0. The van der Waals surface area contributed by atoms with Gasteiger partial charge in [-0.15, -0.1) is 0 Å². The molecule has 1 unspecified atom stereocenters. The van der Waals surface area contributed by atoms with E-state index in [1.807, 2.05) is 12.1 Å². The Balaban J connectivity index is 2.38. The molecular formula is C18H20N2O. The molecular weight excluding hydrogens is 260 g/mol. The first-order chi connectivity index (χ1) is 10.1. The zero-order valence-electron chi connectivity index (χ0n) is 12.9. The zero-order chi connectivity index (χ0) is 15.4. The van der Waals surface area contributed by atoms with Crippen molar-refractivity contribution in [2.45, 2.75) is 26.8 Å². The van der Waals surface area contributed by atoms with Gasteiger partial charge in [-0.1, -0.05) is 29.8 Å². The highest BCUT2D eigenvalue weighted by Gasteiger charge is 2.14. The molecule has 0 amide bonds. The lowest BCUT2D eigenvalue weighted by molar-refractivity contribution is 0.416. The summed E-state index contributed by atoms with van der Waals surface area (Å²) in [5.41, 5.74) is 5.02. The van der Waals surface area contributed by atoms with Gasteiger partial charge in [-0.05, 0) is 44.0 Å². The van der Waals surface area contributed by atoms with Crippen molar-refractivity contribution >= 4 is 5.69 Å². The molecule has 0 saturated heterocycles. The molecule has 0 radical (unpaired) electrons. The van der Waals surface area contributed by atoms with Crippen molar-refractivity contribution in [3.05, 3.63) is 58.7 Å². The lowest BCUT2D eigenvalue weighted by Gasteiger charge is -2.21. The number of hydrogen-bond acceptors (Lipinski definition) is 3. The van der Waals surface area contributed by atoms with Gasteiger partial charge in [-0.3, -0.25) is 0 Å². The van der Waals surface area contributed by atoms with Crippen LogP contribution in [0.25, 0.3) is 0 Å². The van der Waals surface area contributed by atoms with E-state index in [0.29, 0.717) is 11.3 Å². The maximum atomic E-state index is 9.28. The van der Waals surface area contributed by atoms with Crippen molar-refractivity contribution in [2.75, 3.05) is 12.4 Å². The minimum atomic E-state index is 0.0910. The number of methoxy groups -OCH3 is 1. The first kappa shape index (κ1) is 14.9. The first-order valence-corrected chi connectivity index (χ1v) is 6.97. The predicted octanol–water partition coefficient (Wildman–Crippen LogP) is 4.36. The van der Waals surface area contributed by atoms with Gasteiger partial charge in [-0.25, -0.2) is 0 Å². The van der Waals surface area contributed by atoms with Crippen molar-refractivity contribution in [3.63, 3.8) is 0 Å². The number of nitriles is 1. The lowest BCUT2D eigenvalue weighted by atomic mass is 9.99. The summed E-state index contributed by atoms with van der Waals surface area (Å²) < 4.78 is 5.36. The standard InChI is InChI=1S/C18H20N2O/c1-12-8-9-13(2)16(10-12)14(3)20-18-15(11-19)6-5-7-17(18)21-4/h5-10,14,20H,1-4H3. The van der Waals surface area contributed by atoms with Crippen LogP contribution in [0.15, 0.2) is 36.4 Å². The van der Waals surface area contributed by atoms with Crippen molar-refractivity contribution in [1.29, 1.82) is 5.26 Å². The third-order valence-electron chi connectivity index (χ3n) is 3.63. The summed E-state index contributed by atoms with van der Waals surface area (Å²) in [5, 5.41) is 12.7. The van der Waals surface area contributed by atoms with Crippen LogP contribution in [0.3, 0.4) is 0 Å². The molecule has 2 aromatic rings. The van der Waals surface area contributed by atoms with Crippen LogP contribution in [0.1, 0.15) is 35.2 Å². The van der Waals surface area contributed by atoms with Gasteiger partial charge in [0, 0.05) is 6.04 Å². The van der Waals surface area contributed by atoms with Crippen molar-refractivity contribution < 1.29 is 4.74 Å². The van der Waals surface area contributed by atoms with Crippen molar-refractivity contribution in [3.8, 4) is 11.8 Å². The normalized spacial score (nSPS) is 11.6. The summed E-state index contributed by atoms with van der Waals surface area (Å²) in [6.45, 7) is 6.27. The topological polar surface area (TPSA) is 45.0 Å². The van der Waals surface area contributed by atoms with Gasteiger partial charge in [0.2, 0.25) is 0 Å². The molecule has 1 N–H and O–H groups in total. The molecule has 0 fully saturated rings. The maximum absolute atomic E-state index is 9.28. The average Bonchev–Trinajstić information content (AvgIpc) is 2.49. The maximum Gasteiger partial charge on any atom is 0.143 e. The van der Waals surface area contributed by atoms with Gasteiger partial charge in [0.1, 0.15) is 11.8 Å². The van der Waals surface area contributed by atoms with Gasteiger partial charge >= 0.3 is 0 Å². The Morgan fingerprint density at radius 3 is 2.62 bits per heavy atom. The Bertz CT molecular complexity index is 686. The third kappa shape index (κ3) is 3.17. The molecule has 3 nitrogen and oxygen atoms in total. The number of benzene rings is 2. The number of para-hydroxylation sites is 1. The molecule has 0 spiro atoms. The summed E-state index contributed by atoms with van der Waals surface area (Å²) in [6.07, 6.45) is 0. The van der Waals surface area contributed by atoms with Gasteiger partial charge in [-0.2, -0.15) is 5.26 Å². The van der Waals surface area contributed by atoms with Crippen LogP contribution in [-0.4, -0.2) is 7.11 Å². The molecule has 2 aromatic carbocycles. The Morgan fingerprint density at radius 1 is 1.19 bits per heavy atom. The molecule has 21 heavy (non-hydrogen) atoms. The van der Waals surface area contributed by atoms with Crippen LogP contribution in [0.5, 0.6) is 5.75 Å². The average molecular weight is 280 g/mol. The number of nitrogens with one attached hydrogen (secondary N) is 1. The van der Waals surface area contributed by atoms with E-state index in [0.717, 1.165) is 5.69 Å². The highest BCUT2D eigenvalue weighted by molar-refractivity contribution is 5.67. The largest absolute Gasteiger partial charge is 0.495 e. The molecule has 3 heteroatoms. The fourth-order valence-corrected chi connectivity index (χ4v) is 2.46. The first-order valence-electron chi connectivity index (χ1n) is 6.97. The molecule has 0 bridgehead atoms. The van der Waals surface area contributed by atoms with E-state index in [2.05, 4.69) is 50.4 Å². The van der Waals surface area contributed by atoms with E-state index in [-0.39, 0.29) is 6.04 Å². The highest BCUT2D eigenvalue weighted by Crippen LogP contribution is 2.32. The number of ether oxygens (including phenoxy) is 1. The van der Waals surface area contributed by atoms with E-state index in [4.69, 9.17) is 4.74 Å². The minimum Gasteiger partial charge on any atom is -0.495 e. The second-order valence-corrected chi connectivity index (χ2v) is 5.22. The molecule has 1 atom stereocenters. The van der Waals surface area contributed by atoms with E-state index < -0.39 is 0 Å². The smallest absolute Gasteiger partial charge is 0.143 e. The van der Waals surface area contributed by atoms with Crippen molar-refractivity contribution in [2.24, 2.45) is 0 Å². The number of hydrogen-bond donors (Lipinski definition) is 1. The van der Waals surface area contributed by atoms with Crippen LogP contribution in [-0.2, 0) is 0 Å². The number of nitrogens with zero attached hydrogens (tertiary/aromatic N) is 1. The van der Waals surface area contributed by atoms with Gasteiger partial charge in [0.25, 0.3) is 0 Å². The molecule has 0 aromatic heterocycles. The molecule has 0 saturated carbocycles. The summed E-state index contributed by atoms with van der Waals surface area (Å²) in [6, 6.07) is 14.2. The summed E-state index contributed by atoms with van der Waals surface area (Å²) in [7, 11) is 1.62. The van der Waals surface area contributed by atoms with E-state index in [1.165, 1.54) is 16.7 Å². The Hall–Kier alpha value is -2.47. The minimum absolute atomic E-state index is 0.0910. The fourth-order valence-electron chi connectivity index (χ4n) is 2.46. The second-order valence-electron chi connectivity index (χ2n) is 5.22. The fraction of sp³-hybridized carbons (Fsp3) is 0.278. The second kappa shape index (κ2) is 6.32. The molecule has 0 aliphatic rings. The van der Waals surface area contributed by atoms with Crippen LogP contribution in [0.2, 0.25) is 0 Å². The monoisotopic (exact) mass is 280 g/mol. The van der Waals surface area contributed by atoms with Crippen LogP contribution < -0.4 is 10.1 Å². The van der Waals surface area contributed by atoms with Gasteiger partial charge < -0.3 is 10.1 Å². The van der Waals surface area contributed by atoms with Crippen LogP contribution in [0.4, 0.5) is 5.69 Å². The quantitative estimate of drug-likeness (QED) is 0.905. The number of aryl methyl sites for hydroxylation is 2. The molecule has 0 aliphatic carbocycles. The SMILES string of the molecule is COc1cccc(C#N)c1NC(C)c1cc(C)ccc1C. The summed E-state index contributed by atoms with van der Waals surface area (Å²) in [4.78, 5) is 0.